The van der Waals surface area contributed by atoms with Crippen molar-refractivity contribution in [3.05, 3.63) is 63.7 Å². The highest BCUT2D eigenvalue weighted by molar-refractivity contribution is 6.13. The predicted octanol–water partition coefficient (Wildman–Crippen LogP) is 4.38. The van der Waals surface area contributed by atoms with Crippen LogP contribution in [0, 0.1) is 13.8 Å². The van der Waals surface area contributed by atoms with Gasteiger partial charge >= 0.3 is 0 Å². The summed E-state index contributed by atoms with van der Waals surface area (Å²) in [7, 11) is 3.37. The van der Waals surface area contributed by atoms with Crippen molar-refractivity contribution in [2.24, 2.45) is 0 Å². The summed E-state index contributed by atoms with van der Waals surface area (Å²) in [6, 6.07) is 9.65. The Hall–Kier alpha value is -3.08. The third-order valence-electron chi connectivity index (χ3n) is 5.26. The molecule has 0 N–H and O–H groups in total. The van der Waals surface area contributed by atoms with Crippen LogP contribution in [0.25, 0.3) is 6.08 Å². The van der Waals surface area contributed by atoms with Crippen LogP contribution in [-0.2, 0) is 11.2 Å². The first-order valence-corrected chi connectivity index (χ1v) is 10.2. The van der Waals surface area contributed by atoms with Gasteiger partial charge in [0.15, 0.2) is 23.9 Å². The van der Waals surface area contributed by atoms with E-state index in [4.69, 9.17) is 9.47 Å². The molecule has 0 aliphatic heterocycles. The second-order valence-electron chi connectivity index (χ2n) is 7.82. The molecule has 30 heavy (non-hydrogen) atoms. The predicted molar refractivity (Wildman–Crippen MR) is 118 cm³/mol. The van der Waals surface area contributed by atoms with E-state index in [-0.39, 0.29) is 18.3 Å². The average Bonchev–Trinajstić information content (AvgIpc) is 2.69. The van der Waals surface area contributed by atoms with Crippen molar-refractivity contribution < 1.29 is 19.1 Å². The van der Waals surface area contributed by atoms with Crippen LogP contribution in [0.4, 0.5) is 0 Å². The van der Waals surface area contributed by atoms with E-state index in [1.807, 2.05) is 38.1 Å². The number of carbonyl (C=O) groups excluding carboxylic acids is 2. The van der Waals surface area contributed by atoms with Crippen molar-refractivity contribution in [1.29, 1.82) is 0 Å². The molecule has 0 heterocycles. The molecule has 1 aliphatic rings. The van der Waals surface area contributed by atoms with E-state index in [9.17, 15) is 9.59 Å². The molecule has 158 valence electrons. The van der Waals surface area contributed by atoms with Gasteiger partial charge in [-0.3, -0.25) is 9.59 Å². The van der Waals surface area contributed by atoms with E-state index in [2.05, 4.69) is 13.0 Å². The van der Waals surface area contributed by atoms with Crippen LogP contribution >= 0.6 is 0 Å². The van der Waals surface area contributed by atoms with Gasteiger partial charge in [0.25, 0.3) is 5.91 Å². The lowest BCUT2D eigenvalue weighted by atomic mass is 9.83. The Kier molecular flexibility index (Phi) is 6.60. The van der Waals surface area contributed by atoms with E-state index in [1.165, 1.54) is 10.5 Å². The smallest absolute Gasteiger partial charge is 0.259 e. The average molecular weight is 408 g/mol. The lowest BCUT2D eigenvalue weighted by Gasteiger charge is -2.20. The van der Waals surface area contributed by atoms with Gasteiger partial charge in [-0.05, 0) is 74.6 Å². The third-order valence-corrected chi connectivity index (χ3v) is 5.26. The number of ether oxygens (including phenoxy) is 2. The molecular weight excluding hydrogens is 378 g/mol. The summed E-state index contributed by atoms with van der Waals surface area (Å²) in [6.45, 7) is 6.41. The number of benzene rings is 2. The van der Waals surface area contributed by atoms with Crippen LogP contribution in [0.1, 0.15) is 46.0 Å². The summed E-state index contributed by atoms with van der Waals surface area (Å²) in [5.41, 5.74) is 5.94. The van der Waals surface area contributed by atoms with E-state index < -0.39 is 0 Å². The first kappa shape index (κ1) is 21.6. The fraction of sp³-hybridized carbons (Fsp3) is 0.360. The maximum atomic E-state index is 13.1. The largest absolute Gasteiger partial charge is 0.490 e. The number of amides is 1. The van der Waals surface area contributed by atoms with Crippen molar-refractivity contribution in [3.63, 3.8) is 0 Å². The lowest BCUT2D eigenvalue weighted by Crippen LogP contribution is -2.27. The number of rotatable bonds is 6. The quantitative estimate of drug-likeness (QED) is 0.667. The molecule has 5 nitrogen and oxygen atoms in total. The van der Waals surface area contributed by atoms with Crippen molar-refractivity contribution in [2.75, 3.05) is 27.3 Å². The van der Waals surface area contributed by atoms with Gasteiger partial charge in [0.05, 0.1) is 6.61 Å². The summed E-state index contributed by atoms with van der Waals surface area (Å²) in [6.07, 6.45) is 3.51. The number of aryl methyl sites for hydroxylation is 2. The number of carbonyl (C=O) groups is 2. The van der Waals surface area contributed by atoms with Gasteiger partial charge in [-0.25, -0.2) is 0 Å². The van der Waals surface area contributed by atoms with Crippen LogP contribution in [0.15, 0.2) is 35.9 Å². The Morgan fingerprint density at radius 1 is 1.07 bits per heavy atom. The number of hydrogen-bond donors (Lipinski definition) is 0. The number of Topliss-reactive ketones (excluding diaryl/α,β-unsaturated/α-hetero) is 1. The molecule has 0 saturated heterocycles. The van der Waals surface area contributed by atoms with E-state index in [0.717, 1.165) is 40.7 Å². The molecule has 1 amide bonds. The molecule has 2 aromatic carbocycles. The zero-order valence-electron chi connectivity index (χ0n) is 18.4. The van der Waals surface area contributed by atoms with Crippen LogP contribution in [0.5, 0.6) is 11.5 Å². The molecule has 5 heteroatoms. The summed E-state index contributed by atoms with van der Waals surface area (Å²) in [5.74, 6) is 1.05. The third kappa shape index (κ3) is 4.73. The Labute approximate surface area is 178 Å². The first-order chi connectivity index (χ1) is 14.3. The summed E-state index contributed by atoms with van der Waals surface area (Å²) in [5, 5.41) is 0. The molecule has 0 aromatic heterocycles. The number of hydrogen-bond acceptors (Lipinski definition) is 4. The molecule has 3 rings (SSSR count). The summed E-state index contributed by atoms with van der Waals surface area (Å²) >= 11 is 0. The van der Waals surface area contributed by atoms with Gasteiger partial charge in [-0.15, -0.1) is 0 Å². The van der Waals surface area contributed by atoms with Gasteiger partial charge in [0.2, 0.25) is 0 Å². The maximum Gasteiger partial charge on any atom is 0.259 e. The number of ketones is 1. The topological polar surface area (TPSA) is 55.8 Å². The van der Waals surface area contributed by atoms with Gasteiger partial charge in [-0.1, -0.05) is 17.7 Å². The molecule has 0 bridgehead atoms. The SMILES string of the molecule is CCOc1cc(C=C2CCc3c(C)cc(C)cc3C2=O)ccc1OCC(=O)N(C)C. The zero-order chi connectivity index (χ0) is 21.8. The maximum absolute atomic E-state index is 13.1. The first-order valence-electron chi connectivity index (χ1n) is 10.2. The van der Waals surface area contributed by atoms with Gasteiger partial charge < -0.3 is 14.4 Å². The fourth-order valence-corrected chi connectivity index (χ4v) is 3.69. The van der Waals surface area contributed by atoms with E-state index >= 15 is 0 Å². The Morgan fingerprint density at radius 3 is 2.53 bits per heavy atom. The molecule has 0 spiro atoms. The monoisotopic (exact) mass is 407 g/mol. The number of likely N-dealkylation sites (N-methyl/N-ethyl adjacent to an activating group) is 1. The second kappa shape index (κ2) is 9.16. The van der Waals surface area contributed by atoms with E-state index in [1.54, 1.807) is 20.2 Å². The van der Waals surface area contributed by atoms with Crippen LogP contribution in [-0.4, -0.2) is 43.9 Å². The molecule has 1 aliphatic carbocycles. The lowest BCUT2D eigenvalue weighted by molar-refractivity contribution is -0.130. The molecule has 2 aromatic rings. The molecule has 0 fully saturated rings. The Morgan fingerprint density at radius 2 is 1.83 bits per heavy atom. The highest BCUT2D eigenvalue weighted by Gasteiger charge is 2.23. The van der Waals surface area contributed by atoms with Gasteiger partial charge in [0, 0.05) is 25.2 Å². The number of allylic oxidation sites excluding steroid dienone is 1. The summed E-state index contributed by atoms with van der Waals surface area (Å²) in [4.78, 5) is 26.4. The minimum atomic E-state index is -0.124. The fourth-order valence-electron chi connectivity index (χ4n) is 3.69. The summed E-state index contributed by atoms with van der Waals surface area (Å²) < 4.78 is 11.4. The second-order valence-corrected chi connectivity index (χ2v) is 7.82. The molecular formula is C25H29NO4. The number of nitrogens with zero attached hydrogens (tertiary/aromatic N) is 1. The molecule has 0 unspecified atom stereocenters. The highest BCUT2D eigenvalue weighted by Crippen LogP contribution is 2.33. The minimum Gasteiger partial charge on any atom is -0.490 e. The van der Waals surface area contributed by atoms with Crippen molar-refractivity contribution in [1.82, 2.24) is 4.90 Å². The molecule has 0 saturated carbocycles. The van der Waals surface area contributed by atoms with Crippen molar-refractivity contribution in [2.45, 2.75) is 33.6 Å². The van der Waals surface area contributed by atoms with Crippen LogP contribution in [0.2, 0.25) is 0 Å². The van der Waals surface area contributed by atoms with E-state index in [0.29, 0.717) is 18.1 Å². The van der Waals surface area contributed by atoms with Crippen molar-refractivity contribution >= 4 is 17.8 Å². The standard InChI is InChI=1S/C25H29NO4/c1-6-29-23-14-18(7-10-22(23)30-15-24(27)26(4)5)13-19-8-9-20-17(3)11-16(2)12-21(20)25(19)28/h7,10-14H,6,8-9,15H2,1-5H3. The highest BCUT2D eigenvalue weighted by atomic mass is 16.5. The normalized spacial score (nSPS) is 14.4. The minimum absolute atomic E-state index is 0.0541. The Balaban J connectivity index is 1.87. The van der Waals surface area contributed by atoms with Crippen LogP contribution < -0.4 is 9.47 Å². The molecule has 0 radical (unpaired) electrons. The number of fused-ring (bicyclic) bond motifs is 1. The van der Waals surface area contributed by atoms with Gasteiger partial charge in [0.1, 0.15) is 0 Å². The van der Waals surface area contributed by atoms with Crippen molar-refractivity contribution in [3.8, 4) is 11.5 Å². The van der Waals surface area contributed by atoms with Gasteiger partial charge in [-0.2, -0.15) is 0 Å². The van der Waals surface area contributed by atoms with Crippen LogP contribution in [0.3, 0.4) is 0 Å². The molecule has 0 atom stereocenters. The zero-order valence-corrected chi connectivity index (χ0v) is 18.4. The Bertz CT molecular complexity index is 1000.